The van der Waals surface area contributed by atoms with Gasteiger partial charge in [0.05, 0.1) is 17.0 Å². The summed E-state index contributed by atoms with van der Waals surface area (Å²) in [5.41, 5.74) is 0.636. The van der Waals surface area contributed by atoms with Crippen molar-refractivity contribution in [1.29, 1.82) is 5.26 Å². The van der Waals surface area contributed by atoms with Crippen molar-refractivity contribution < 1.29 is 4.79 Å². The number of anilines is 1. The molecule has 0 aliphatic carbocycles. The van der Waals surface area contributed by atoms with E-state index in [2.05, 4.69) is 5.32 Å². The number of aromatic nitrogens is 3. The van der Waals surface area contributed by atoms with E-state index in [9.17, 15) is 14.4 Å². The minimum Gasteiger partial charge on any atom is -0.324 e. The molecule has 3 rings (SSSR count). The van der Waals surface area contributed by atoms with Gasteiger partial charge >= 0.3 is 5.69 Å². The van der Waals surface area contributed by atoms with Crippen LogP contribution in [0.4, 0.5) is 5.69 Å². The third-order valence-electron chi connectivity index (χ3n) is 4.35. The van der Waals surface area contributed by atoms with E-state index in [1.165, 1.54) is 9.13 Å². The lowest BCUT2D eigenvalue weighted by Gasteiger charge is -2.13. The maximum atomic E-state index is 12.5. The highest BCUT2D eigenvalue weighted by atomic mass is 16.2. The molecule has 3 aromatic rings. The van der Waals surface area contributed by atoms with Gasteiger partial charge in [0.1, 0.15) is 12.2 Å². The van der Waals surface area contributed by atoms with Gasteiger partial charge in [0.25, 0.3) is 5.56 Å². The SMILES string of the molecule is CCn1c(=O)c2ccn(CC(=O)Nc3cccc(C#N)c3)c2n(CC)c1=O. The van der Waals surface area contributed by atoms with E-state index in [1.54, 1.807) is 48.0 Å². The van der Waals surface area contributed by atoms with E-state index >= 15 is 0 Å². The first-order valence-electron chi connectivity index (χ1n) is 8.62. The molecule has 0 fully saturated rings. The molecule has 0 atom stereocenters. The third-order valence-corrected chi connectivity index (χ3v) is 4.35. The highest BCUT2D eigenvalue weighted by molar-refractivity contribution is 5.91. The molecule has 0 saturated carbocycles. The van der Waals surface area contributed by atoms with Crippen molar-refractivity contribution in [3.05, 3.63) is 62.9 Å². The van der Waals surface area contributed by atoms with Crippen molar-refractivity contribution in [1.82, 2.24) is 13.7 Å². The predicted octanol–water partition coefficient (Wildman–Crippen LogP) is 1.51. The van der Waals surface area contributed by atoms with Gasteiger partial charge in [0.2, 0.25) is 5.91 Å². The zero-order valence-corrected chi connectivity index (χ0v) is 15.1. The van der Waals surface area contributed by atoms with Crippen LogP contribution in [0, 0.1) is 11.3 Å². The van der Waals surface area contributed by atoms with Crippen LogP contribution in [-0.2, 0) is 24.4 Å². The lowest BCUT2D eigenvalue weighted by molar-refractivity contribution is -0.116. The number of carbonyl (C=O) groups is 1. The lowest BCUT2D eigenvalue weighted by atomic mass is 10.2. The monoisotopic (exact) mass is 365 g/mol. The van der Waals surface area contributed by atoms with Crippen molar-refractivity contribution in [2.24, 2.45) is 0 Å². The van der Waals surface area contributed by atoms with Gasteiger partial charge in [-0.3, -0.25) is 18.7 Å². The van der Waals surface area contributed by atoms with Crippen LogP contribution in [0.2, 0.25) is 0 Å². The molecule has 0 aliphatic heterocycles. The first-order valence-corrected chi connectivity index (χ1v) is 8.62. The Kier molecular flexibility index (Phi) is 4.94. The third kappa shape index (κ3) is 3.27. The molecule has 0 bridgehead atoms. The Labute approximate surface area is 154 Å². The van der Waals surface area contributed by atoms with Crippen LogP contribution >= 0.6 is 0 Å². The van der Waals surface area contributed by atoms with Crippen LogP contribution in [-0.4, -0.2) is 19.6 Å². The van der Waals surface area contributed by atoms with Crippen LogP contribution in [0.5, 0.6) is 0 Å². The number of nitriles is 1. The van der Waals surface area contributed by atoms with Gasteiger partial charge in [-0.1, -0.05) is 6.07 Å². The van der Waals surface area contributed by atoms with E-state index in [0.29, 0.717) is 28.8 Å². The summed E-state index contributed by atoms with van der Waals surface area (Å²) in [6.45, 7) is 4.17. The van der Waals surface area contributed by atoms with Gasteiger partial charge in [-0.05, 0) is 38.1 Å². The maximum absolute atomic E-state index is 12.5. The molecule has 2 heterocycles. The number of hydrogen-bond donors (Lipinski definition) is 1. The van der Waals surface area contributed by atoms with Crippen LogP contribution in [0.1, 0.15) is 19.4 Å². The number of carbonyl (C=O) groups excluding carboxylic acids is 1. The number of fused-ring (bicyclic) bond motifs is 1. The quantitative estimate of drug-likeness (QED) is 0.740. The molecule has 0 aliphatic rings. The standard InChI is InChI=1S/C19H19N5O3/c1-3-23-17-15(18(26)24(4-2)19(23)27)8-9-22(17)12-16(25)21-14-7-5-6-13(10-14)11-20/h5-10H,3-4,12H2,1-2H3,(H,21,25). The number of aryl methyl sites for hydroxylation is 1. The highest BCUT2D eigenvalue weighted by Crippen LogP contribution is 2.13. The smallest absolute Gasteiger partial charge is 0.324 e. The molecule has 27 heavy (non-hydrogen) atoms. The summed E-state index contributed by atoms with van der Waals surface area (Å²) in [5.74, 6) is -0.322. The molecule has 0 unspecified atom stereocenters. The molecule has 8 heteroatoms. The molecular weight excluding hydrogens is 346 g/mol. The van der Waals surface area contributed by atoms with Crippen LogP contribution in [0.3, 0.4) is 0 Å². The average Bonchev–Trinajstić information content (AvgIpc) is 3.06. The number of amides is 1. The van der Waals surface area contributed by atoms with Crippen molar-refractivity contribution in [3.8, 4) is 6.07 Å². The van der Waals surface area contributed by atoms with Gasteiger partial charge in [0.15, 0.2) is 0 Å². The Bertz CT molecular complexity index is 1180. The number of rotatable bonds is 5. The summed E-state index contributed by atoms with van der Waals surface area (Å²) in [6.07, 6.45) is 1.63. The topological polar surface area (TPSA) is 102 Å². The van der Waals surface area contributed by atoms with Crippen molar-refractivity contribution >= 4 is 22.6 Å². The van der Waals surface area contributed by atoms with Crippen molar-refractivity contribution in [3.63, 3.8) is 0 Å². The largest absolute Gasteiger partial charge is 0.332 e. The molecule has 2 aromatic heterocycles. The van der Waals surface area contributed by atoms with E-state index < -0.39 is 0 Å². The number of nitrogens with one attached hydrogen (secondary N) is 1. The van der Waals surface area contributed by atoms with Crippen LogP contribution < -0.4 is 16.6 Å². The molecule has 1 aromatic carbocycles. The van der Waals surface area contributed by atoms with Gasteiger partial charge in [-0.15, -0.1) is 0 Å². The second-order valence-corrected chi connectivity index (χ2v) is 6.00. The van der Waals surface area contributed by atoms with E-state index in [0.717, 1.165) is 0 Å². The average molecular weight is 365 g/mol. The first kappa shape index (κ1) is 18.2. The predicted molar refractivity (Wildman–Crippen MR) is 102 cm³/mol. The summed E-state index contributed by atoms with van der Waals surface area (Å²) in [7, 11) is 0. The summed E-state index contributed by atoms with van der Waals surface area (Å²) < 4.78 is 4.26. The normalized spacial score (nSPS) is 10.7. The summed E-state index contributed by atoms with van der Waals surface area (Å²) in [6, 6.07) is 10.2. The number of hydrogen-bond acceptors (Lipinski definition) is 4. The summed E-state index contributed by atoms with van der Waals surface area (Å²) >= 11 is 0. The van der Waals surface area contributed by atoms with E-state index in [4.69, 9.17) is 5.26 Å². The Morgan fingerprint density at radius 1 is 1.15 bits per heavy atom. The Hall–Kier alpha value is -3.60. The Balaban J connectivity index is 1.98. The number of nitrogens with zero attached hydrogens (tertiary/aromatic N) is 4. The van der Waals surface area contributed by atoms with Crippen LogP contribution in [0.15, 0.2) is 46.1 Å². The Morgan fingerprint density at radius 2 is 1.89 bits per heavy atom. The lowest BCUT2D eigenvalue weighted by Crippen LogP contribution is -2.39. The zero-order chi connectivity index (χ0) is 19.6. The molecule has 138 valence electrons. The van der Waals surface area contributed by atoms with Crippen molar-refractivity contribution in [2.75, 3.05) is 5.32 Å². The van der Waals surface area contributed by atoms with Gasteiger partial charge in [-0.2, -0.15) is 5.26 Å². The second-order valence-electron chi connectivity index (χ2n) is 6.00. The maximum Gasteiger partial charge on any atom is 0.332 e. The fraction of sp³-hybridized carbons (Fsp3) is 0.263. The zero-order valence-electron chi connectivity index (χ0n) is 15.1. The first-order chi connectivity index (χ1) is 13.0. The molecule has 1 amide bonds. The molecular formula is C19H19N5O3. The fourth-order valence-electron chi connectivity index (χ4n) is 3.11. The van der Waals surface area contributed by atoms with Gasteiger partial charge in [-0.25, -0.2) is 4.79 Å². The van der Waals surface area contributed by atoms with Crippen LogP contribution in [0.25, 0.3) is 11.0 Å². The van der Waals surface area contributed by atoms with E-state index in [1.807, 2.05) is 13.0 Å². The van der Waals surface area contributed by atoms with Gasteiger partial charge < -0.3 is 9.88 Å². The summed E-state index contributed by atoms with van der Waals surface area (Å²) in [4.78, 5) is 37.5. The minimum atomic E-state index is -0.389. The molecule has 0 radical (unpaired) electrons. The van der Waals surface area contributed by atoms with Crippen molar-refractivity contribution in [2.45, 2.75) is 33.5 Å². The molecule has 0 saturated heterocycles. The Morgan fingerprint density at radius 3 is 2.56 bits per heavy atom. The van der Waals surface area contributed by atoms with Gasteiger partial charge in [0, 0.05) is 25.0 Å². The van der Waals surface area contributed by atoms with E-state index in [-0.39, 0.29) is 30.2 Å². The fourth-order valence-corrected chi connectivity index (χ4v) is 3.11. The minimum absolute atomic E-state index is 0.0602. The number of benzene rings is 1. The second kappa shape index (κ2) is 7.33. The molecule has 0 spiro atoms. The molecule has 1 N–H and O–H groups in total. The highest BCUT2D eigenvalue weighted by Gasteiger charge is 2.16. The summed E-state index contributed by atoms with van der Waals surface area (Å²) in [5, 5.41) is 12.1. The molecule has 8 nitrogen and oxygen atoms in total.